The Morgan fingerprint density at radius 3 is 2.22 bits per heavy atom. The quantitative estimate of drug-likeness (QED) is 0.890. The van der Waals surface area contributed by atoms with Crippen LogP contribution < -0.4 is 10.2 Å². The summed E-state index contributed by atoms with van der Waals surface area (Å²) in [6, 6.07) is 9.26. The van der Waals surface area contributed by atoms with Crippen LogP contribution in [-0.2, 0) is 4.74 Å². The summed E-state index contributed by atoms with van der Waals surface area (Å²) >= 11 is 0. The second kappa shape index (κ2) is 5.72. The molecule has 1 saturated heterocycles. The van der Waals surface area contributed by atoms with E-state index < -0.39 is 0 Å². The van der Waals surface area contributed by atoms with Gasteiger partial charge in [0.1, 0.15) is 0 Å². The number of ether oxygens (including phenoxy) is 1. The molecule has 0 radical (unpaired) electrons. The average Bonchev–Trinajstić information content (AvgIpc) is 2.37. The third-order valence-corrected chi connectivity index (χ3v) is 3.61. The topological polar surface area (TPSA) is 24.5 Å². The summed E-state index contributed by atoms with van der Waals surface area (Å²) in [5.74, 6) is 0. The van der Waals surface area contributed by atoms with Gasteiger partial charge in [-0.1, -0.05) is 12.1 Å². The van der Waals surface area contributed by atoms with Crippen molar-refractivity contribution in [3.05, 3.63) is 29.8 Å². The molecule has 1 aromatic carbocycles. The highest BCUT2D eigenvalue weighted by Gasteiger charge is 2.22. The Kier molecular flexibility index (Phi) is 4.25. The molecule has 100 valence electrons. The Morgan fingerprint density at radius 1 is 1.17 bits per heavy atom. The van der Waals surface area contributed by atoms with Crippen LogP contribution in [0.1, 0.15) is 32.4 Å². The zero-order valence-corrected chi connectivity index (χ0v) is 11.8. The zero-order valence-electron chi connectivity index (χ0n) is 11.8. The zero-order chi connectivity index (χ0) is 13.1. The minimum absolute atomic E-state index is 0.310. The van der Waals surface area contributed by atoms with Gasteiger partial charge >= 0.3 is 0 Å². The molecule has 1 aromatic rings. The van der Waals surface area contributed by atoms with E-state index in [1.54, 1.807) is 0 Å². The molecule has 0 saturated carbocycles. The van der Waals surface area contributed by atoms with Crippen LogP contribution in [0.5, 0.6) is 0 Å². The molecule has 1 fully saturated rings. The second-order valence-electron chi connectivity index (χ2n) is 5.26. The van der Waals surface area contributed by atoms with Crippen LogP contribution >= 0.6 is 0 Å². The van der Waals surface area contributed by atoms with Crippen molar-refractivity contribution in [3.63, 3.8) is 0 Å². The number of nitrogens with zero attached hydrogens (tertiary/aromatic N) is 1. The molecule has 1 aliphatic heterocycles. The minimum atomic E-state index is 0.310. The highest BCUT2D eigenvalue weighted by molar-refractivity contribution is 5.48. The first-order chi connectivity index (χ1) is 8.60. The standard InChI is InChI=1S/C15H24N2O/c1-11-9-17(10-12(2)18-11)15-7-5-14(6-8-15)13(3)16-4/h5-8,11-13,16H,9-10H2,1-4H3/t11-,12+,13?. The summed E-state index contributed by atoms with van der Waals surface area (Å²) in [7, 11) is 1.99. The van der Waals surface area contributed by atoms with E-state index >= 15 is 0 Å². The van der Waals surface area contributed by atoms with Crippen LogP contribution in [0.2, 0.25) is 0 Å². The molecule has 0 amide bonds. The smallest absolute Gasteiger partial charge is 0.0726 e. The molecular formula is C15H24N2O. The maximum Gasteiger partial charge on any atom is 0.0726 e. The fraction of sp³-hybridized carbons (Fsp3) is 0.600. The summed E-state index contributed by atoms with van der Waals surface area (Å²) in [5, 5.41) is 3.26. The van der Waals surface area contributed by atoms with Crippen molar-refractivity contribution in [1.82, 2.24) is 5.32 Å². The lowest BCUT2D eigenvalue weighted by atomic mass is 10.1. The third kappa shape index (κ3) is 3.03. The van der Waals surface area contributed by atoms with Gasteiger partial charge in [0.2, 0.25) is 0 Å². The van der Waals surface area contributed by atoms with Crippen molar-refractivity contribution in [3.8, 4) is 0 Å². The molecule has 0 aromatic heterocycles. The molecule has 2 rings (SSSR count). The van der Waals surface area contributed by atoms with Gasteiger partial charge in [0.25, 0.3) is 0 Å². The van der Waals surface area contributed by atoms with Gasteiger partial charge in [-0.3, -0.25) is 0 Å². The maximum atomic E-state index is 5.77. The molecule has 3 nitrogen and oxygen atoms in total. The average molecular weight is 248 g/mol. The van der Waals surface area contributed by atoms with Gasteiger partial charge in [-0.25, -0.2) is 0 Å². The highest BCUT2D eigenvalue weighted by atomic mass is 16.5. The van der Waals surface area contributed by atoms with Gasteiger partial charge in [-0.2, -0.15) is 0 Å². The molecule has 3 atom stereocenters. The monoisotopic (exact) mass is 248 g/mol. The molecule has 18 heavy (non-hydrogen) atoms. The Labute approximate surface area is 110 Å². The Hall–Kier alpha value is -1.06. The fourth-order valence-electron chi connectivity index (χ4n) is 2.53. The third-order valence-electron chi connectivity index (χ3n) is 3.61. The van der Waals surface area contributed by atoms with E-state index in [4.69, 9.17) is 4.74 Å². The van der Waals surface area contributed by atoms with Crippen LogP contribution in [0.4, 0.5) is 5.69 Å². The first-order valence-electron chi connectivity index (χ1n) is 6.77. The van der Waals surface area contributed by atoms with Crippen molar-refractivity contribution < 1.29 is 4.74 Å². The molecule has 1 N–H and O–H groups in total. The first-order valence-corrected chi connectivity index (χ1v) is 6.77. The van der Waals surface area contributed by atoms with Crippen molar-refractivity contribution in [2.45, 2.75) is 39.0 Å². The number of nitrogens with one attached hydrogen (secondary N) is 1. The van der Waals surface area contributed by atoms with Gasteiger partial charge in [0.05, 0.1) is 12.2 Å². The fourth-order valence-corrected chi connectivity index (χ4v) is 2.53. The molecule has 0 spiro atoms. The Bertz CT molecular complexity index is 367. The molecule has 1 aliphatic rings. The number of rotatable bonds is 3. The van der Waals surface area contributed by atoms with E-state index in [0.29, 0.717) is 18.2 Å². The van der Waals surface area contributed by atoms with E-state index in [-0.39, 0.29) is 0 Å². The van der Waals surface area contributed by atoms with Crippen molar-refractivity contribution in [2.24, 2.45) is 0 Å². The largest absolute Gasteiger partial charge is 0.372 e. The molecule has 0 bridgehead atoms. The van der Waals surface area contributed by atoms with Gasteiger partial charge in [-0.15, -0.1) is 0 Å². The lowest BCUT2D eigenvalue weighted by molar-refractivity contribution is -0.00521. The predicted octanol–water partition coefficient (Wildman–Crippen LogP) is 2.58. The van der Waals surface area contributed by atoms with Crippen LogP contribution in [0.15, 0.2) is 24.3 Å². The second-order valence-corrected chi connectivity index (χ2v) is 5.26. The van der Waals surface area contributed by atoms with Crippen molar-refractivity contribution >= 4 is 5.69 Å². The summed E-state index contributed by atoms with van der Waals surface area (Å²) < 4.78 is 5.77. The van der Waals surface area contributed by atoms with Crippen LogP contribution in [0.3, 0.4) is 0 Å². The minimum Gasteiger partial charge on any atom is -0.372 e. The van der Waals surface area contributed by atoms with E-state index in [2.05, 4.69) is 55.3 Å². The lowest BCUT2D eigenvalue weighted by Crippen LogP contribution is -2.45. The van der Waals surface area contributed by atoms with E-state index in [0.717, 1.165) is 13.1 Å². The number of benzene rings is 1. The van der Waals surface area contributed by atoms with Crippen molar-refractivity contribution in [2.75, 3.05) is 25.0 Å². The van der Waals surface area contributed by atoms with Gasteiger partial charge < -0.3 is 15.0 Å². The van der Waals surface area contributed by atoms with E-state index in [9.17, 15) is 0 Å². The first kappa shape index (κ1) is 13.4. The van der Waals surface area contributed by atoms with E-state index in [1.807, 2.05) is 7.05 Å². The molecular weight excluding hydrogens is 224 g/mol. The van der Waals surface area contributed by atoms with Crippen LogP contribution in [0, 0.1) is 0 Å². The summed E-state index contributed by atoms with van der Waals surface area (Å²) in [6.45, 7) is 8.41. The molecule has 0 aliphatic carbocycles. The summed E-state index contributed by atoms with van der Waals surface area (Å²) in [5.41, 5.74) is 2.62. The maximum absolute atomic E-state index is 5.77. The number of hydrogen-bond donors (Lipinski definition) is 1. The Morgan fingerprint density at radius 2 is 1.72 bits per heavy atom. The molecule has 3 heteroatoms. The lowest BCUT2D eigenvalue weighted by Gasteiger charge is -2.37. The summed E-state index contributed by atoms with van der Waals surface area (Å²) in [6.07, 6.45) is 0.620. The van der Waals surface area contributed by atoms with Crippen LogP contribution in [0.25, 0.3) is 0 Å². The summed E-state index contributed by atoms with van der Waals surface area (Å²) in [4.78, 5) is 2.41. The number of hydrogen-bond acceptors (Lipinski definition) is 3. The number of anilines is 1. The normalized spacial score (nSPS) is 26.1. The van der Waals surface area contributed by atoms with Gasteiger partial charge in [-0.05, 0) is 45.5 Å². The number of morpholine rings is 1. The van der Waals surface area contributed by atoms with E-state index in [1.165, 1.54) is 11.3 Å². The highest BCUT2D eigenvalue weighted by Crippen LogP contribution is 2.22. The van der Waals surface area contributed by atoms with Crippen molar-refractivity contribution in [1.29, 1.82) is 0 Å². The predicted molar refractivity (Wildman–Crippen MR) is 76.1 cm³/mol. The Balaban J connectivity index is 2.09. The molecule has 1 heterocycles. The van der Waals surface area contributed by atoms with Gasteiger partial charge in [0, 0.05) is 24.8 Å². The SMILES string of the molecule is CNC(C)c1ccc(N2C[C@@H](C)O[C@@H](C)C2)cc1. The van der Waals surface area contributed by atoms with Crippen LogP contribution in [-0.4, -0.2) is 32.3 Å². The molecule has 1 unspecified atom stereocenters. The van der Waals surface area contributed by atoms with Gasteiger partial charge in [0.15, 0.2) is 0 Å².